The highest BCUT2D eigenvalue weighted by Gasteiger charge is 2.14. The molecule has 1 amide bonds. The number of nitrogens with zero attached hydrogens (tertiary/aromatic N) is 3. The number of aromatic nitrogens is 2. The van der Waals surface area contributed by atoms with Crippen molar-refractivity contribution in [2.75, 3.05) is 0 Å². The first-order chi connectivity index (χ1) is 6.30. The highest BCUT2D eigenvalue weighted by molar-refractivity contribution is 7.96. The van der Waals surface area contributed by atoms with Crippen LogP contribution in [0.5, 0.6) is 0 Å². The van der Waals surface area contributed by atoms with Crippen LogP contribution in [0.4, 0.5) is 4.79 Å². The van der Waals surface area contributed by atoms with Crippen LogP contribution in [-0.2, 0) is 17.1 Å². The Kier molecular flexibility index (Phi) is 3.09. The Labute approximate surface area is 88.7 Å². The molecule has 0 atom stereocenters. The molecule has 0 aliphatic carbocycles. The van der Waals surface area contributed by atoms with Crippen molar-refractivity contribution in [3.05, 3.63) is 4.80 Å². The molecule has 0 aliphatic rings. The van der Waals surface area contributed by atoms with E-state index in [-0.39, 0.29) is 9.14 Å². The average molecular weight is 254 g/mol. The number of thiol groups is 1. The molecule has 2 N–H and O–H groups in total. The van der Waals surface area contributed by atoms with E-state index in [1.54, 1.807) is 0 Å². The van der Waals surface area contributed by atoms with E-state index in [0.29, 0.717) is 11.3 Å². The number of hydrogen-bond donors (Lipinski definition) is 2. The van der Waals surface area contributed by atoms with E-state index in [1.807, 2.05) is 0 Å². The third-order valence-electron chi connectivity index (χ3n) is 1.12. The van der Waals surface area contributed by atoms with Gasteiger partial charge in [-0.2, -0.15) is 4.99 Å². The first-order valence-corrected chi connectivity index (χ1v) is 5.96. The number of hydrogen-bond acceptors (Lipinski definition) is 5. The average Bonchev–Trinajstić information content (AvgIpc) is 2.30. The predicted octanol–water partition coefficient (Wildman–Crippen LogP) is -0.920. The lowest BCUT2D eigenvalue weighted by Gasteiger charge is -1.86. The largest absolute Gasteiger partial charge is 0.304 e. The van der Waals surface area contributed by atoms with Gasteiger partial charge in [0.2, 0.25) is 9.14 Å². The summed E-state index contributed by atoms with van der Waals surface area (Å²) in [6.45, 7) is 0. The van der Waals surface area contributed by atoms with Gasteiger partial charge in [-0.15, -0.1) is 5.10 Å². The van der Waals surface area contributed by atoms with Crippen molar-refractivity contribution < 1.29 is 13.2 Å². The van der Waals surface area contributed by atoms with E-state index in [4.69, 9.17) is 5.14 Å². The van der Waals surface area contributed by atoms with E-state index in [0.717, 1.165) is 4.68 Å². The third kappa shape index (κ3) is 2.64. The lowest BCUT2D eigenvalue weighted by atomic mass is 11.2. The summed E-state index contributed by atoms with van der Waals surface area (Å²) in [5, 5.41) is 7.68. The number of carbonyl (C=O) groups excluding carboxylic acids is 1. The van der Waals surface area contributed by atoms with E-state index in [9.17, 15) is 13.2 Å². The van der Waals surface area contributed by atoms with E-state index >= 15 is 0 Å². The lowest BCUT2D eigenvalue weighted by Crippen LogP contribution is -2.14. The van der Waals surface area contributed by atoms with Crippen molar-refractivity contribution in [3.63, 3.8) is 0 Å². The predicted molar refractivity (Wildman–Crippen MR) is 52.4 cm³/mol. The number of nitrogens with two attached hydrogens (primary N) is 1. The topological polar surface area (TPSA) is 107 Å². The molecular formula is C4H6N4O3S3. The number of sulfonamides is 1. The fourth-order valence-electron chi connectivity index (χ4n) is 0.622. The van der Waals surface area contributed by atoms with Crippen molar-refractivity contribution in [1.29, 1.82) is 0 Å². The summed E-state index contributed by atoms with van der Waals surface area (Å²) in [6.07, 6.45) is 0. The van der Waals surface area contributed by atoms with Crippen LogP contribution in [0.15, 0.2) is 9.33 Å². The zero-order valence-electron chi connectivity index (χ0n) is 6.91. The lowest BCUT2D eigenvalue weighted by molar-refractivity contribution is 0.267. The molecule has 10 heteroatoms. The van der Waals surface area contributed by atoms with Gasteiger partial charge in [0.25, 0.3) is 10.0 Å². The summed E-state index contributed by atoms with van der Waals surface area (Å²) in [5.41, 5.74) is 0. The van der Waals surface area contributed by atoms with Crippen molar-refractivity contribution in [2.45, 2.75) is 4.34 Å². The fourth-order valence-corrected chi connectivity index (χ4v) is 2.33. The molecule has 0 radical (unpaired) electrons. The van der Waals surface area contributed by atoms with Crippen LogP contribution in [0, 0.1) is 0 Å². The Balaban J connectivity index is 3.40. The molecule has 78 valence electrons. The Bertz CT molecular complexity index is 524. The molecular weight excluding hydrogens is 248 g/mol. The third-order valence-corrected chi connectivity index (χ3v) is 3.53. The second-order valence-corrected chi connectivity index (χ2v) is 5.29. The molecule has 0 bridgehead atoms. The van der Waals surface area contributed by atoms with Crippen molar-refractivity contribution >= 4 is 39.2 Å². The summed E-state index contributed by atoms with van der Waals surface area (Å²) in [7, 11) is -2.40. The van der Waals surface area contributed by atoms with Crippen LogP contribution in [-0.4, -0.2) is 23.4 Å². The highest BCUT2D eigenvalue weighted by Crippen LogP contribution is 2.04. The summed E-state index contributed by atoms with van der Waals surface area (Å²) >= 11 is 4.12. The van der Waals surface area contributed by atoms with Gasteiger partial charge in [-0.05, 0) is 0 Å². The second kappa shape index (κ2) is 3.81. The van der Waals surface area contributed by atoms with Gasteiger partial charge in [0.1, 0.15) is 0 Å². The Morgan fingerprint density at radius 3 is 2.64 bits per heavy atom. The van der Waals surface area contributed by atoms with Gasteiger partial charge in [-0.25, -0.2) is 18.2 Å². The summed E-state index contributed by atoms with van der Waals surface area (Å²) < 4.78 is 22.5. The maximum Gasteiger partial charge on any atom is 0.304 e. The SMILES string of the molecule is Cn1nc(S(N)(=O)=O)sc1=NC(=O)S. The molecule has 0 unspecified atom stereocenters. The quantitative estimate of drug-likeness (QED) is 0.632. The van der Waals surface area contributed by atoms with Crippen molar-refractivity contribution in [1.82, 2.24) is 9.78 Å². The van der Waals surface area contributed by atoms with Crippen LogP contribution in [0.1, 0.15) is 0 Å². The highest BCUT2D eigenvalue weighted by atomic mass is 32.2. The van der Waals surface area contributed by atoms with E-state index in [2.05, 4.69) is 22.7 Å². The molecule has 1 aromatic heterocycles. The molecule has 0 saturated heterocycles. The van der Waals surface area contributed by atoms with Crippen LogP contribution >= 0.6 is 24.0 Å². The molecule has 0 saturated carbocycles. The first-order valence-electron chi connectivity index (χ1n) is 3.15. The number of carbonyl (C=O) groups is 1. The number of aryl methyl sites for hydroxylation is 1. The molecule has 1 aromatic rings. The maximum atomic E-state index is 10.9. The Hall–Kier alpha value is -0.710. The van der Waals surface area contributed by atoms with Crippen molar-refractivity contribution in [3.8, 4) is 0 Å². The minimum atomic E-state index is -3.85. The summed E-state index contributed by atoms with van der Waals surface area (Å²) in [5.74, 6) is 0. The maximum absolute atomic E-state index is 10.9. The van der Waals surface area contributed by atoms with Crippen molar-refractivity contribution in [2.24, 2.45) is 17.2 Å². The zero-order chi connectivity index (χ0) is 10.9. The number of primary sulfonamides is 1. The Morgan fingerprint density at radius 1 is 1.71 bits per heavy atom. The van der Waals surface area contributed by atoms with Crippen LogP contribution in [0.2, 0.25) is 0 Å². The molecule has 7 nitrogen and oxygen atoms in total. The standard InChI is InChI=1S/C4H6N4O3S3/c1-8-2(6-3(9)12)13-4(7-8)14(5,10)11/h1H3,(H,9,12)(H2,5,10,11). The Morgan fingerprint density at radius 2 is 2.29 bits per heavy atom. The summed E-state index contributed by atoms with van der Waals surface area (Å²) in [4.78, 5) is 14.0. The molecule has 0 aliphatic heterocycles. The van der Waals surface area contributed by atoms with Gasteiger partial charge in [0.05, 0.1) is 0 Å². The molecule has 0 fully saturated rings. The monoisotopic (exact) mass is 254 g/mol. The number of amides is 1. The zero-order valence-corrected chi connectivity index (χ0v) is 9.43. The molecule has 0 spiro atoms. The van der Waals surface area contributed by atoms with Gasteiger partial charge in [0.15, 0.2) is 0 Å². The molecule has 1 heterocycles. The smallest absolute Gasteiger partial charge is 0.260 e. The molecule has 0 aromatic carbocycles. The number of rotatable bonds is 1. The normalized spacial score (nSPS) is 13.2. The van der Waals surface area contributed by atoms with Gasteiger partial charge < -0.3 is 0 Å². The molecule has 14 heavy (non-hydrogen) atoms. The van der Waals surface area contributed by atoms with Gasteiger partial charge >= 0.3 is 5.24 Å². The van der Waals surface area contributed by atoms with Gasteiger partial charge in [-0.3, -0.25) is 4.79 Å². The first kappa shape index (κ1) is 11.4. The van der Waals surface area contributed by atoms with Crippen LogP contribution in [0.25, 0.3) is 0 Å². The minimum Gasteiger partial charge on any atom is -0.260 e. The molecule has 1 rings (SSSR count). The summed E-state index contributed by atoms with van der Waals surface area (Å²) in [6, 6.07) is 0. The minimum absolute atomic E-state index is 0.119. The van der Waals surface area contributed by atoms with E-state index in [1.165, 1.54) is 7.05 Å². The van der Waals surface area contributed by atoms with Crippen LogP contribution in [0.3, 0.4) is 0 Å². The van der Waals surface area contributed by atoms with Gasteiger partial charge in [0, 0.05) is 7.05 Å². The van der Waals surface area contributed by atoms with Gasteiger partial charge in [-0.1, -0.05) is 24.0 Å². The van der Waals surface area contributed by atoms with E-state index < -0.39 is 15.3 Å². The van der Waals surface area contributed by atoms with Crippen LogP contribution < -0.4 is 9.94 Å². The second-order valence-electron chi connectivity index (χ2n) is 2.21. The fraction of sp³-hybridized carbons (Fsp3) is 0.250.